The van der Waals surface area contributed by atoms with Gasteiger partial charge in [-0.15, -0.1) is 0 Å². The number of hydrogen-bond donors (Lipinski definition) is 1. The summed E-state index contributed by atoms with van der Waals surface area (Å²) in [6.07, 6.45) is 1.04. The summed E-state index contributed by atoms with van der Waals surface area (Å²) in [5, 5.41) is 2.71. The van der Waals surface area contributed by atoms with Crippen LogP contribution in [-0.2, 0) is 16.4 Å². The Morgan fingerprint density at radius 1 is 1.10 bits per heavy atom. The standard InChI is InChI=1S/C14H12BrF2NO2S/c1-21(19,20)11-3-5-13(17)14(7-11)18-8-9-6-10(15)2-4-12(9)16/h2-7,18H,8H2,1H3. The molecule has 0 aliphatic rings. The summed E-state index contributed by atoms with van der Waals surface area (Å²) in [5.74, 6) is -1.02. The molecule has 0 unspecified atom stereocenters. The minimum atomic E-state index is -3.43. The van der Waals surface area contributed by atoms with Crippen molar-refractivity contribution in [1.82, 2.24) is 0 Å². The highest BCUT2D eigenvalue weighted by atomic mass is 79.9. The lowest BCUT2D eigenvalue weighted by Gasteiger charge is -2.10. The van der Waals surface area contributed by atoms with Crippen LogP contribution < -0.4 is 5.32 Å². The van der Waals surface area contributed by atoms with E-state index in [2.05, 4.69) is 21.2 Å². The van der Waals surface area contributed by atoms with E-state index in [1.807, 2.05) is 0 Å². The SMILES string of the molecule is CS(=O)(=O)c1ccc(F)c(NCc2cc(Br)ccc2F)c1. The second-order valence-electron chi connectivity index (χ2n) is 4.50. The first kappa shape index (κ1) is 15.9. The van der Waals surface area contributed by atoms with Gasteiger partial charge in [0.15, 0.2) is 9.84 Å². The molecule has 0 saturated carbocycles. The third-order valence-corrected chi connectivity index (χ3v) is 4.45. The largest absolute Gasteiger partial charge is 0.378 e. The highest BCUT2D eigenvalue weighted by molar-refractivity contribution is 9.10. The molecule has 21 heavy (non-hydrogen) atoms. The lowest BCUT2D eigenvalue weighted by atomic mass is 10.2. The summed E-state index contributed by atoms with van der Waals surface area (Å²) in [5.41, 5.74) is 0.353. The van der Waals surface area contributed by atoms with E-state index in [1.165, 1.54) is 18.2 Å². The van der Waals surface area contributed by atoms with E-state index < -0.39 is 21.5 Å². The normalized spacial score (nSPS) is 11.4. The zero-order valence-corrected chi connectivity index (χ0v) is 13.4. The Balaban J connectivity index is 2.26. The Kier molecular flexibility index (Phi) is 4.63. The van der Waals surface area contributed by atoms with Gasteiger partial charge >= 0.3 is 0 Å². The van der Waals surface area contributed by atoms with Crippen molar-refractivity contribution >= 4 is 31.5 Å². The number of sulfone groups is 1. The molecule has 0 amide bonds. The topological polar surface area (TPSA) is 46.2 Å². The van der Waals surface area contributed by atoms with Crippen molar-refractivity contribution in [1.29, 1.82) is 0 Å². The van der Waals surface area contributed by atoms with Gasteiger partial charge in [0.25, 0.3) is 0 Å². The van der Waals surface area contributed by atoms with Crippen LogP contribution in [0.25, 0.3) is 0 Å². The van der Waals surface area contributed by atoms with Gasteiger partial charge < -0.3 is 5.32 Å². The third kappa shape index (κ3) is 4.01. The molecule has 7 heteroatoms. The zero-order chi connectivity index (χ0) is 15.6. The molecule has 0 radical (unpaired) electrons. The molecular formula is C14H12BrF2NO2S. The molecule has 0 bridgehead atoms. The highest BCUT2D eigenvalue weighted by Crippen LogP contribution is 2.22. The van der Waals surface area contributed by atoms with Crippen molar-refractivity contribution in [2.75, 3.05) is 11.6 Å². The van der Waals surface area contributed by atoms with E-state index in [4.69, 9.17) is 0 Å². The predicted molar refractivity (Wildman–Crippen MR) is 80.9 cm³/mol. The number of anilines is 1. The average molecular weight is 376 g/mol. The fourth-order valence-electron chi connectivity index (χ4n) is 1.74. The summed E-state index contributed by atoms with van der Waals surface area (Å²) >= 11 is 3.23. The van der Waals surface area contributed by atoms with Crippen LogP contribution in [0.3, 0.4) is 0 Å². The smallest absolute Gasteiger partial charge is 0.175 e. The maximum absolute atomic E-state index is 13.7. The number of hydrogen-bond acceptors (Lipinski definition) is 3. The van der Waals surface area contributed by atoms with Gasteiger partial charge in [0.05, 0.1) is 10.6 Å². The van der Waals surface area contributed by atoms with E-state index >= 15 is 0 Å². The fraction of sp³-hybridized carbons (Fsp3) is 0.143. The van der Waals surface area contributed by atoms with Crippen LogP contribution in [-0.4, -0.2) is 14.7 Å². The second kappa shape index (κ2) is 6.11. The Hall–Kier alpha value is -1.47. The van der Waals surface area contributed by atoms with Crippen LogP contribution in [0.5, 0.6) is 0 Å². The van der Waals surface area contributed by atoms with E-state index in [0.29, 0.717) is 10.0 Å². The monoisotopic (exact) mass is 375 g/mol. The van der Waals surface area contributed by atoms with Crippen LogP contribution in [0, 0.1) is 11.6 Å². The molecule has 2 aromatic rings. The molecule has 0 heterocycles. The molecule has 0 saturated heterocycles. The van der Waals surface area contributed by atoms with E-state index in [-0.39, 0.29) is 17.1 Å². The third-order valence-electron chi connectivity index (χ3n) is 2.84. The summed E-state index contributed by atoms with van der Waals surface area (Å²) in [7, 11) is -3.43. The predicted octanol–water partition coefficient (Wildman–Crippen LogP) is 3.74. The minimum Gasteiger partial charge on any atom is -0.378 e. The molecule has 0 aliphatic carbocycles. The maximum atomic E-state index is 13.7. The van der Waals surface area contributed by atoms with Crippen molar-refractivity contribution in [3.63, 3.8) is 0 Å². The van der Waals surface area contributed by atoms with Crippen LogP contribution >= 0.6 is 15.9 Å². The molecule has 112 valence electrons. The van der Waals surface area contributed by atoms with Crippen molar-refractivity contribution < 1.29 is 17.2 Å². The molecule has 0 fully saturated rings. The molecular weight excluding hydrogens is 364 g/mol. The van der Waals surface area contributed by atoms with Crippen molar-refractivity contribution in [3.8, 4) is 0 Å². The highest BCUT2D eigenvalue weighted by Gasteiger charge is 2.11. The van der Waals surface area contributed by atoms with Gasteiger partial charge in [0, 0.05) is 22.8 Å². The summed E-state index contributed by atoms with van der Waals surface area (Å²) in [4.78, 5) is 0.00103. The van der Waals surface area contributed by atoms with Crippen molar-refractivity contribution in [2.24, 2.45) is 0 Å². The summed E-state index contributed by atoms with van der Waals surface area (Å²) < 4.78 is 50.9. The van der Waals surface area contributed by atoms with Crippen LogP contribution in [0.1, 0.15) is 5.56 Å². The lowest BCUT2D eigenvalue weighted by Crippen LogP contribution is -2.05. The van der Waals surface area contributed by atoms with Gasteiger partial charge in [-0.2, -0.15) is 0 Å². The quantitative estimate of drug-likeness (QED) is 0.827. The van der Waals surface area contributed by atoms with Crippen LogP contribution in [0.4, 0.5) is 14.5 Å². The minimum absolute atomic E-state index is 0.00103. The number of benzene rings is 2. The van der Waals surface area contributed by atoms with E-state index in [9.17, 15) is 17.2 Å². The van der Waals surface area contributed by atoms with Gasteiger partial charge in [-0.3, -0.25) is 0 Å². The molecule has 2 aromatic carbocycles. The fourth-order valence-corrected chi connectivity index (χ4v) is 2.80. The Morgan fingerprint density at radius 3 is 2.43 bits per heavy atom. The molecule has 3 nitrogen and oxygen atoms in total. The van der Waals surface area contributed by atoms with Gasteiger partial charge in [0.2, 0.25) is 0 Å². The molecule has 2 rings (SSSR count). The summed E-state index contributed by atoms with van der Waals surface area (Å²) in [6, 6.07) is 7.88. The van der Waals surface area contributed by atoms with Crippen molar-refractivity contribution in [3.05, 3.63) is 58.1 Å². The van der Waals surface area contributed by atoms with E-state index in [1.54, 1.807) is 12.1 Å². The van der Waals surface area contributed by atoms with Gasteiger partial charge in [-0.05, 0) is 36.4 Å². The maximum Gasteiger partial charge on any atom is 0.175 e. The average Bonchev–Trinajstić information content (AvgIpc) is 2.40. The molecule has 0 spiro atoms. The number of nitrogens with one attached hydrogen (secondary N) is 1. The first-order valence-electron chi connectivity index (χ1n) is 5.95. The van der Waals surface area contributed by atoms with Gasteiger partial charge in [-0.25, -0.2) is 17.2 Å². The molecule has 0 aliphatic heterocycles. The van der Waals surface area contributed by atoms with Crippen molar-refractivity contribution in [2.45, 2.75) is 11.4 Å². The van der Waals surface area contributed by atoms with Crippen LogP contribution in [0.15, 0.2) is 45.8 Å². The van der Waals surface area contributed by atoms with E-state index in [0.717, 1.165) is 12.3 Å². The molecule has 1 N–H and O–H groups in total. The lowest BCUT2D eigenvalue weighted by molar-refractivity contribution is 0.600. The Bertz CT molecular complexity index is 779. The number of rotatable bonds is 4. The Morgan fingerprint density at radius 2 is 1.76 bits per heavy atom. The first-order valence-corrected chi connectivity index (χ1v) is 8.63. The van der Waals surface area contributed by atoms with Gasteiger partial charge in [0.1, 0.15) is 11.6 Å². The molecule has 0 atom stereocenters. The van der Waals surface area contributed by atoms with Crippen LogP contribution in [0.2, 0.25) is 0 Å². The zero-order valence-electron chi connectivity index (χ0n) is 11.0. The molecule has 0 aromatic heterocycles. The number of halogens is 3. The first-order chi connectivity index (χ1) is 9.77. The Labute approximate surface area is 130 Å². The summed E-state index contributed by atoms with van der Waals surface area (Å²) in [6.45, 7) is 0.0371. The van der Waals surface area contributed by atoms with Gasteiger partial charge in [-0.1, -0.05) is 15.9 Å². The second-order valence-corrected chi connectivity index (χ2v) is 7.43.